The second kappa shape index (κ2) is 7.84. The Hall–Kier alpha value is -3.02. The van der Waals surface area contributed by atoms with Gasteiger partial charge in [0, 0.05) is 18.4 Å². The summed E-state index contributed by atoms with van der Waals surface area (Å²) in [7, 11) is 0. The van der Waals surface area contributed by atoms with Crippen molar-refractivity contribution in [1.82, 2.24) is 10.9 Å². The maximum atomic E-state index is 13.4. The number of benzene rings is 2. The van der Waals surface area contributed by atoms with E-state index in [1.165, 1.54) is 18.2 Å². The first-order valence-electron chi connectivity index (χ1n) is 7.00. The Morgan fingerprint density at radius 3 is 2.17 bits per heavy atom. The second-order valence-corrected chi connectivity index (χ2v) is 4.77. The second-order valence-electron chi connectivity index (χ2n) is 4.77. The lowest BCUT2D eigenvalue weighted by molar-refractivity contribution is -0.121. The van der Waals surface area contributed by atoms with Crippen LogP contribution in [0.1, 0.15) is 33.6 Å². The normalized spacial score (nSPS) is 9.96. The molecule has 0 aliphatic carbocycles. The number of Topliss-reactive ketones (excluding diaryl/α,β-unsaturated/α-hetero) is 1. The predicted octanol–water partition coefficient (Wildman–Crippen LogP) is 2.25. The van der Waals surface area contributed by atoms with Crippen LogP contribution in [-0.4, -0.2) is 17.6 Å². The standard InChI is InChI=1S/C17H15FN2O3/c18-14-9-5-4-8-13(14)17(23)20-19-16(22)11-10-15(21)12-6-2-1-3-7-12/h1-9H,10-11H2,(H,19,22)(H,20,23). The van der Waals surface area contributed by atoms with Crippen molar-refractivity contribution in [3.8, 4) is 0 Å². The summed E-state index contributed by atoms with van der Waals surface area (Å²) in [5, 5.41) is 0. The van der Waals surface area contributed by atoms with Crippen molar-refractivity contribution >= 4 is 17.6 Å². The molecule has 2 aromatic carbocycles. The number of ketones is 1. The number of amides is 2. The van der Waals surface area contributed by atoms with E-state index in [2.05, 4.69) is 10.9 Å². The van der Waals surface area contributed by atoms with Crippen molar-refractivity contribution < 1.29 is 18.8 Å². The SMILES string of the molecule is O=C(CCC(=O)c1ccccc1)NNC(=O)c1ccccc1F. The monoisotopic (exact) mass is 314 g/mol. The fourth-order valence-electron chi connectivity index (χ4n) is 1.90. The molecule has 0 aliphatic heterocycles. The van der Waals surface area contributed by atoms with Gasteiger partial charge in [-0.05, 0) is 12.1 Å². The van der Waals surface area contributed by atoms with Crippen molar-refractivity contribution in [2.75, 3.05) is 0 Å². The molecule has 0 heterocycles. The van der Waals surface area contributed by atoms with E-state index in [9.17, 15) is 18.8 Å². The summed E-state index contributed by atoms with van der Waals surface area (Å²) in [6, 6.07) is 14.0. The molecule has 5 nitrogen and oxygen atoms in total. The Bertz CT molecular complexity index is 717. The van der Waals surface area contributed by atoms with Gasteiger partial charge < -0.3 is 0 Å². The molecule has 0 aliphatic rings. The Morgan fingerprint density at radius 2 is 1.48 bits per heavy atom. The maximum Gasteiger partial charge on any atom is 0.272 e. The molecule has 6 heteroatoms. The molecule has 0 saturated carbocycles. The van der Waals surface area contributed by atoms with Gasteiger partial charge in [0.25, 0.3) is 5.91 Å². The molecule has 2 aromatic rings. The zero-order chi connectivity index (χ0) is 16.7. The number of hydrazine groups is 1. The van der Waals surface area contributed by atoms with Gasteiger partial charge in [-0.15, -0.1) is 0 Å². The number of carbonyl (C=O) groups is 3. The van der Waals surface area contributed by atoms with E-state index in [1.807, 2.05) is 0 Å². The largest absolute Gasteiger partial charge is 0.294 e. The highest BCUT2D eigenvalue weighted by Gasteiger charge is 2.12. The highest BCUT2D eigenvalue weighted by Crippen LogP contribution is 2.06. The lowest BCUT2D eigenvalue weighted by Crippen LogP contribution is -2.42. The molecular weight excluding hydrogens is 299 g/mol. The lowest BCUT2D eigenvalue weighted by atomic mass is 10.1. The zero-order valence-electron chi connectivity index (χ0n) is 12.2. The first kappa shape index (κ1) is 16.4. The molecule has 0 aromatic heterocycles. The molecule has 0 bridgehead atoms. The fraction of sp³-hybridized carbons (Fsp3) is 0.118. The van der Waals surface area contributed by atoms with Gasteiger partial charge in [0.15, 0.2) is 5.78 Å². The highest BCUT2D eigenvalue weighted by molar-refractivity contribution is 5.98. The van der Waals surface area contributed by atoms with E-state index < -0.39 is 17.6 Å². The molecule has 23 heavy (non-hydrogen) atoms. The Kier molecular flexibility index (Phi) is 5.57. The van der Waals surface area contributed by atoms with Crippen LogP contribution in [0.5, 0.6) is 0 Å². The molecule has 0 atom stereocenters. The van der Waals surface area contributed by atoms with E-state index >= 15 is 0 Å². The third-order valence-electron chi connectivity index (χ3n) is 3.11. The first-order valence-corrected chi connectivity index (χ1v) is 7.00. The van der Waals surface area contributed by atoms with Gasteiger partial charge in [-0.3, -0.25) is 25.2 Å². The lowest BCUT2D eigenvalue weighted by Gasteiger charge is -2.07. The van der Waals surface area contributed by atoms with E-state index in [4.69, 9.17) is 0 Å². The molecule has 0 radical (unpaired) electrons. The summed E-state index contributed by atoms with van der Waals surface area (Å²) >= 11 is 0. The molecule has 2 N–H and O–H groups in total. The van der Waals surface area contributed by atoms with E-state index in [1.54, 1.807) is 30.3 Å². The first-order chi connectivity index (χ1) is 11.1. The molecule has 2 amide bonds. The molecule has 0 fully saturated rings. The number of carbonyl (C=O) groups excluding carboxylic acids is 3. The van der Waals surface area contributed by atoms with Crippen molar-refractivity contribution in [2.24, 2.45) is 0 Å². The Morgan fingerprint density at radius 1 is 0.826 bits per heavy atom. The number of nitrogens with one attached hydrogen (secondary N) is 2. The van der Waals surface area contributed by atoms with Crippen LogP contribution in [0.4, 0.5) is 4.39 Å². The van der Waals surface area contributed by atoms with Gasteiger partial charge >= 0.3 is 0 Å². The smallest absolute Gasteiger partial charge is 0.272 e. The fourth-order valence-corrected chi connectivity index (χ4v) is 1.90. The van der Waals surface area contributed by atoms with Gasteiger partial charge in [0.2, 0.25) is 5.91 Å². The van der Waals surface area contributed by atoms with Gasteiger partial charge in [-0.2, -0.15) is 0 Å². The van der Waals surface area contributed by atoms with Crippen LogP contribution < -0.4 is 10.9 Å². The topological polar surface area (TPSA) is 75.3 Å². The van der Waals surface area contributed by atoms with Crippen molar-refractivity contribution in [1.29, 1.82) is 0 Å². The minimum absolute atomic E-state index is 0.0193. The molecule has 0 saturated heterocycles. The molecule has 118 valence electrons. The maximum absolute atomic E-state index is 13.4. The zero-order valence-corrected chi connectivity index (χ0v) is 12.2. The minimum Gasteiger partial charge on any atom is -0.294 e. The Balaban J connectivity index is 1.78. The molecular formula is C17H15FN2O3. The number of rotatable bonds is 5. The average Bonchev–Trinajstić information content (AvgIpc) is 2.58. The summed E-state index contributed by atoms with van der Waals surface area (Å²) in [6.07, 6.45) is -0.0588. The summed E-state index contributed by atoms with van der Waals surface area (Å²) in [5.74, 6) is -2.13. The van der Waals surface area contributed by atoms with Gasteiger partial charge in [0.1, 0.15) is 5.82 Å². The van der Waals surface area contributed by atoms with Crippen LogP contribution in [0, 0.1) is 5.82 Å². The summed E-state index contributed by atoms with van der Waals surface area (Å²) in [4.78, 5) is 35.2. The van der Waals surface area contributed by atoms with Crippen LogP contribution in [0.2, 0.25) is 0 Å². The predicted molar refractivity (Wildman–Crippen MR) is 82.0 cm³/mol. The number of hydrogen-bond donors (Lipinski definition) is 2. The summed E-state index contributed by atoms with van der Waals surface area (Å²) < 4.78 is 13.4. The highest BCUT2D eigenvalue weighted by atomic mass is 19.1. The van der Waals surface area contributed by atoms with Crippen LogP contribution in [0.3, 0.4) is 0 Å². The number of hydrogen-bond acceptors (Lipinski definition) is 3. The van der Waals surface area contributed by atoms with Crippen molar-refractivity contribution in [3.63, 3.8) is 0 Å². The summed E-state index contributed by atoms with van der Waals surface area (Å²) in [6.45, 7) is 0. The third kappa shape index (κ3) is 4.74. The third-order valence-corrected chi connectivity index (χ3v) is 3.11. The summed E-state index contributed by atoms with van der Waals surface area (Å²) in [5.41, 5.74) is 4.62. The van der Waals surface area contributed by atoms with E-state index in [0.717, 1.165) is 6.07 Å². The molecule has 0 unspecified atom stereocenters. The average molecular weight is 314 g/mol. The van der Waals surface area contributed by atoms with Crippen LogP contribution in [0.15, 0.2) is 54.6 Å². The van der Waals surface area contributed by atoms with Crippen LogP contribution in [-0.2, 0) is 4.79 Å². The van der Waals surface area contributed by atoms with Crippen molar-refractivity contribution in [2.45, 2.75) is 12.8 Å². The van der Waals surface area contributed by atoms with Gasteiger partial charge in [-0.25, -0.2) is 4.39 Å². The van der Waals surface area contributed by atoms with E-state index in [0.29, 0.717) is 5.56 Å². The Labute approximate surface area is 132 Å². The number of halogens is 1. The van der Waals surface area contributed by atoms with E-state index in [-0.39, 0.29) is 24.2 Å². The molecule has 0 spiro atoms. The quantitative estimate of drug-likeness (QED) is 0.656. The molecule has 2 rings (SSSR count). The van der Waals surface area contributed by atoms with Crippen LogP contribution in [0.25, 0.3) is 0 Å². The van der Waals surface area contributed by atoms with Crippen LogP contribution >= 0.6 is 0 Å². The van der Waals surface area contributed by atoms with Crippen molar-refractivity contribution in [3.05, 3.63) is 71.5 Å². The van der Waals surface area contributed by atoms with Gasteiger partial charge in [0.05, 0.1) is 5.56 Å². The van der Waals surface area contributed by atoms with Gasteiger partial charge in [-0.1, -0.05) is 42.5 Å². The minimum atomic E-state index is -0.758.